The largest absolute Gasteiger partial charge is 0.459 e. The molecule has 1 N–H and O–H groups in total. The van der Waals surface area contributed by atoms with E-state index in [9.17, 15) is 0 Å². The van der Waals surface area contributed by atoms with Gasteiger partial charge in [-0.3, -0.25) is 0 Å². The summed E-state index contributed by atoms with van der Waals surface area (Å²) >= 11 is 0. The van der Waals surface area contributed by atoms with Gasteiger partial charge in [-0.25, -0.2) is 0 Å². The predicted octanol–water partition coefficient (Wildman–Crippen LogP) is 4.96. The van der Waals surface area contributed by atoms with Crippen LogP contribution in [-0.2, 0) is 5.41 Å². The van der Waals surface area contributed by atoms with Gasteiger partial charge in [-0.2, -0.15) is 0 Å². The Morgan fingerprint density at radius 3 is 2.30 bits per heavy atom. The molecule has 1 aromatic heterocycles. The molecule has 0 saturated heterocycles. The average molecular weight is 273 g/mol. The summed E-state index contributed by atoms with van der Waals surface area (Å²) in [6, 6.07) is 6.87. The van der Waals surface area contributed by atoms with Crippen LogP contribution in [0.25, 0.3) is 11.0 Å². The zero-order valence-corrected chi connectivity index (χ0v) is 13.8. The van der Waals surface area contributed by atoms with Gasteiger partial charge >= 0.3 is 0 Å². The summed E-state index contributed by atoms with van der Waals surface area (Å²) in [4.78, 5) is 0. The minimum Gasteiger partial charge on any atom is -0.459 e. The molecule has 0 aliphatic carbocycles. The molecule has 0 radical (unpaired) electrons. The highest BCUT2D eigenvalue weighted by molar-refractivity contribution is 5.85. The number of furan rings is 1. The lowest BCUT2D eigenvalue weighted by molar-refractivity contribution is 0.369. The Hall–Kier alpha value is -1.28. The standard InChI is InChI=1S/C18H27NO/c1-11(2)16(19-7)15-10-13-12(3)8-9-14(17(13)20-15)18(4,5)6/h8-11,16,19H,1-7H3. The molecule has 0 bridgehead atoms. The van der Waals surface area contributed by atoms with Gasteiger partial charge < -0.3 is 9.73 Å². The molecule has 0 aliphatic rings. The van der Waals surface area contributed by atoms with Crippen molar-refractivity contribution in [2.75, 3.05) is 7.05 Å². The second-order valence-electron chi connectivity index (χ2n) is 7.08. The van der Waals surface area contributed by atoms with Crippen LogP contribution >= 0.6 is 0 Å². The Balaban J connectivity index is 2.66. The van der Waals surface area contributed by atoms with E-state index < -0.39 is 0 Å². The summed E-state index contributed by atoms with van der Waals surface area (Å²) in [7, 11) is 2.00. The SMILES string of the molecule is CNC(c1cc2c(C)ccc(C(C)(C)C)c2o1)C(C)C. The molecule has 2 rings (SSSR count). The minimum atomic E-state index is 0.0913. The van der Waals surface area contributed by atoms with Crippen molar-refractivity contribution < 1.29 is 4.42 Å². The first-order valence-corrected chi connectivity index (χ1v) is 7.46. The molecule has 2 heteroatoms. The van der Waals surface area contributed by atoms with E-state index in [1.165, 1.54) is 16.5 Å². The summed E-state index contributed by atoms with van der Waals surface area (Å²) in [6.07, 6.45) is 0. The monoisotopic (exact) mass is 273 g/mol. The van der Waals surface area contributed by atoms with Crippen molar-refractivity contribution in [2.45, 2.75) is 53.0 Å². The van der Waals surface area contributed by atoms with Gasteiger partial charge in [0, 0.05) is 10.9 Å². The zero-order chi connectivity index (χ0) is 15.1. The average Bonchev–Trinajstić information content (AvgIpc) is 2.73. The van der Waals surface area contributed by atoms with Crippen molar-refractivity contribution in [1.82, 2.24) is 5.32 Å². The van der Waals surface area contributed by atoms with Crippen LogP contribution in [0.2, 0.25) is 0 Å². The smallest absolute Gasteiger partial charge is 0.138 e. The third kappa shape index (κ3) is 2.62. The maximum Gasteiger partial charge on any atom is 0.138 e. The highest BCUT2D eigenvalue weighted by Crippen LogP contribution is 2.36. The summed E-state index contributed by atoms with van der Waals surface area (Å²) in [6.45, 7) is 13.3. The molecule has 0 aliphatic heterocycles. The fourth-order valence-corrected chi connectivity index (χ4v) is 2.82. The topological polar surface area (TPSA) is 25.2 Å². The van der Waals surface area contributed by atoms with Crippen LogP contribution in [-0.4, -0.2) is 7.05 Å². The van der Waals surface area contributed by atoms with Crippen LogP contribution in [0, 0.1) is 12.8 Å². The Labute approximate surface area is 122 Å². The van der Waals surface area contributed by atoms with Crippen molar-refractivity contribution >= 4 is 11.0 Å². The van der Waals surface area contributed by atoms with Crippen molar-refractivity contribution in [3.8, 4) is 0 Å². The lowest BCUT2D eigenvalue weighted by atomic mass is 9.85. The number of rotatable bonds is 3. The second-order valence-corrected chi connectivity index (χ2v) is 7.08. The first kappa shape index (κ1) is 15.1. The van der Waals surface area contributed by atoms with Crippen LogP contribution in [0.5, 0.6) is 0 Å². The molecule has 20 heavy (non-hydrogen) atoms. The van der Waals surface area contributed by atoms with Gasteiger partial charge in [-0.15, -0.1) is 0 Å². The lowest BCUT2D eigenvalue weighted by Gasteiger charge is -2.20. The number of benzene rings is 1. The van der Waals surface area contributed by atoms with Crippen molar-refractivity contribution in [3.63, 3.8) is 0 Å². The van der Waals surface area contributed by atoms with E-state index in [0.29, 0.717) is 5.92 Å². The molecule has 110 valence electrons. The van der Waals surface area contributed by atoms with E-state index in [2.05, 4.69) is 65.1 Å². The van der Waals surface area contributed by atoms with E-state index in [4.69, 9.17) is 4.42 Å². The molecular formula is C18H27NO. The van der Waals surface area contributed by atoms with Crippen LogP contribution < -0.4 is 5.32 Å². The molecular weight excluding hydrogens is 246 g/mol. The van der Waals surface area contributed by atoms with Gasteiger partial charge in [-0.05, 0) is 36.9 Å². The number of hydrogen-bond donors (Lipinski definition) is 1. The number of nitrogens with one attached hydrogen (secondary N) is 1. The molecule has 1 atom stereocenters. The molecule has 0 fully saturated rings. The molecule has 0 amide bonds. The van der Waals surface area contributed by atoms with Crippen LogP contribution in [0.3, 0.4) is 0 Å². The fraction of sp³-hybridized carbons (Fsp3) is 0.556. The van der Waals surface area contributed by atoms with Gasteiger partial charge in [0.2, 0.25) is 0 Å². The van der Waals surface area contributed by atoms with E-state index in [0.717, 1.165) is 11.3 Å². The number of hydrogen-bond acceptors (Lipinski definition) is 2. The maximum atomic E-state index is 6.26. The molecule has 2 aromatic rings. The second kappa shape index (κ2) is 5.25. The first-order chi connectivity index (χ1) is 9.25. The van der Waals surface area contributed by atoms with Crippen molar-refractivity contribution in [1.29, 1.82) is 0 Å². The van der Waals surface area contributed by atoms with E-state index in [1.54, 1.807) is 0 Å². The quantitative estimate of drug-likeness (QED) is 0.855. The van der Waals surface area contributed by atoms with Crippen LogP contribution in [0.1, 0.15) is 57.5 Å². The third-order valence-electron chi connectivity index (χ3n) is 4.01. The highest BCUT2D eigenvalue weighted by atomic mass is 16.3. The summed E-state index contributed by atoms with van der Waals surface area (Å²) < 4.78 is 6.26. The predicted molar refractivity (Wildman–Crippen MR) is 86.3 cm³/mol. The molecule has 0 saturated carbocycles. The van der Waals surface area contributed by atoms with Gasteiger partial charge in [-0.1, -0.05) is 46.8 Å². The molecule has 0 spiro atoms. The Kier molecular flexibility index (Phi) is 3.97. The fourth-order valence-electron chi connectivity index (χ4n) is 2.82. The van der Waals surface area contributed by atoms with Crippen molar-refractivity contribution in [2.24, 2.45) is 5.92 Å². The lowest BCUT2D eigenvalue weighted by Crippen LogP contribution is -2.20. The zero-order valence-electron chi connectivity index (χ0n) is 13.8. The highest BCUT2D eigenvalue weighted by Gasteiger charge is 2.23. The molecule has 1 unspecified atom stereocenters. The molecule has 1 aromatic carbocycles. The molecule has 1 heterocycles. The summed E-state index contributed by atoms with van der Waals surface area (Å²) in [5, 5.41) is 4.61. The van der Waals surface area contributed by atoms with E-state index in [-0.39, 0.29) is 11.5 Å². The van der Waals surface area contributed by atoms with Gasteiger partial charge in [0.15, 0.2) is 0 Å². The van der Waals surface area contributed by atoms with E-state index in [1.807, 2.05) is 7.05 Å². The van der Waals surface area contributed by atoms with E-state index >= 15 is 0 Å². The van der Waals surface area contributed by atoms with Gasteiger partial charge in [0.1, 0.15) is 11.3 Å². The number of aryl methyl sites for hydroxylation is 1. The van der Waals surface area contributed by atoms with Gasteiger partial charge in [0.25, 0.3) is 0 Å². The van der Waals surface area contributed by atoms with Crippen LogP contribution in [0.15, 0.2) is 22.6 Å². The van der Waals surface area contributed by atoms with Gasteiger partial charge in [0.05, 0.1) is 6.04 Å². The minimum absolute atomic E-state index is 0.0913. The maximum absolute atomic E-state index is 6.26. The summed E-state index contributed by atoms with van der Waals surface area (Å²) in [5.41, 5.74) is 3.70. The Morgan fingerprint density at radius 2 is 1.80 bits per heavy atom. The van der Waals surface area contributed by atoms with Crippen LogP contribution in [0.4, 0.5) is 0 Å². The van der Waals surface area contributed by atoms with Crippen molar-refractivity contribution in [3.05, 3.63) is 35.1 Å². The molecule has 2 nitrogen and oxygen atoms in total. The normalized spacial score (nSPS) is 14.2. The third-order valence-corrected chi connectivity index (χ3v) is 4.01. The Morgan fingerprint density at radius 1 is 1.15 bits per heavy atom. The first-order valence-electron chi connectivity index (χ1n) is 7.46. The Bertz CT molecular complexity index is 602. The number of fused-ring (bicyclic) bond motifs is 1. The summed E-state index contributed by atoms with van der Waals surface area (Å²) in [5.74, 6) is 1.54.